The van der Waals surface area contributed by atoms with Crippen LogP contribution < -0.4 is 14.8 Å². The van der Waals surface area contributed by atoms with Crippen molar-refractivity contribution < 1.29 is 9.47 Å². The normalized spacial score (nSPS) is 17.0. The zero-order chi connectivity index (χ0) is 15.1. The van der Waals surface area contributed by atoms with E-state index >= 15 is 0 Å². The van der Waals surface area contributed by atoms with E-state index in [1.165, 1.54) is 0 Å². The van der Waals surface area contributed by atoms with Gasteiger partial charge < -0.3 is 14.8 Å². The zero-order valence-electron chi connectivity index (χ0n) is 12.8. The number of nitrogens with one attached hydrogen (secondary N) is 1. The van der Waals surface area contributed by atoms with E-state index < -0.39 is 0 Å². The number of nitriles is 1. The Morgan fingerprint density at radius 2 is 1.86 bits per heavy atom. The third kappa shape index (κ3) is 3.87. The van der Waals surface area contributed by atoms with Gasteiger partial charge in [-0.1, -0.05) is 6.07 Å². The summed E-state index contributed by atoms with van der Waals surface area (Å²) in [5.41, 5.74) is 0.964. The van der Waals surface area contributed by atoms with Crippen LogP contribution in [0.25, 0.3) is 0 Å². The second-order valence-electron chi connectivity index (χ2n) is 4.89. The number of rotatable bonds is 6. The van der Waals surface area contributed by atoms with Crippen molar-refractivity contribution in [2.45, 2.75) is 19.9 Å². The molecule has 0 saturated carbocycles. The summed E-state index contributed by atoms with van der Waals surface area (Å²) in [5.74, 6) is 1.45. The Balaban J connectivity index is 2.24. The SMILES string of the molecule is CCOc1ccc(C(C#N)N2CCNCC2)cc1OCC. The summed E-state index contributed by atoms with van der Waals surface area (Å²) in [6.07, 6.45) is 0. The Kier molecular flexibility index (Phi) is 5.85. The summed E-state index contributed by atoms with van der Waals surface area (Å²) >= 11 is 0. The van der Waals surface area contributed by atoms with E-state index in [1.54, 1.807) is 0 Å². The molecule has 0 spiro atoms. The molecule has 1 fully saturated rings. The van der Waals surface area contributed by atoms with Gasteiger partial charge in [-0.05, 0) is 31.5 Å². The van der Waals surface area contributed by atoms with E-state index in [4.69, 9.17) is 9.47 Å². The average molecular weight is 289 g/mol. The van der Waals surface area contributed by atoms with Crippen molar-refractivity contribution in [2.24, 2.45) is 0 Å². The van der Waals surface area contributed by atoms with E-state index in [2.05, 4.69) is 16.3 Å². The van der Waals surface area contributed by atoms with Crippen molar-refractivity contribution in [3.63, 3.8) is 0 Å². The second-order valence-corrected chi connectivity index (χ2v) is 4.89. The van der Waals surface area contributed by atoms with Gasteiger partial charge in [0.2, 0.25) is 0 Å². The number of nitrogens with zero attached hydrogens (tertiary/aromatic N) is 2. The zero-order valence-corrected chi connectivity index (χ0v) is 12.8. The first-order chi connectivity index (χ1) is 10.3. The Morgan fingerprint density at radius 3 is 2.48 bits per heavy atom. The Labute approximate surface area is 126 Å². The number of hydrogen-bond acceptors (Lipinski definition) is 5. The number of ether oxygens (including phenoxy) is 2. The first-order valence-electron chi connectivity index (χ1n) is 7.54. The molecular weight excluding hydrogens is 266 g/mol. The highest BCUT2D eigenvalue weighted by molar-refractivity contribution is 5.45. The molecule has 5 nitrogen and oxygen atoms in total. The molecule has 1 saturated heterocycles. The van der Waals surface area contributed by atoms with E-state index in [0.717, 1.165) is 37.5 Å². The maximum absolute atomic E-state index is 9.54. The van der Waals surface area contributed by atoms with Crippen LogP contribution >= 0.6 is 0 Å². The van der Waals surface area contributed by atoms with Gasteiger partial charge in [-0.2, -0.15) is 5.26 Å². The average Bonchev–Trinajstić information content (AvgIpc) is 2.52. The monoisotopic (exact) mass is 289 g/mol. The third-order valence-electron chi connectivity index (χ3n) is 3.52. The highest BCUT2D eigenvalue weighted by atomic mass is 16.5. The minimum atomic E-state index is -0.234. The van der Waals surface area contributed by atoms with Gasteiger partial charge in [0.15, 0.2) is 11.5 Å². The molecule has 0 radical (unpaired) electrons. The second kappa shape index (κ2) is 7.87. The molecule has 0 amide bonds. The molecule has 114 valence electrons. The summed E-state index contributed by atoms with van der Waals surface area (Å²) in [7, 11) is 0. The summed E-state index contributed by atoms with van der Waals surface area (Å²) < 4.78 is 11.2. The fourth-order valence-corrected chi connectivity index (χ4v) is 2.55. The standard InChI is InChI=1S/C16H23N3O2/c1-3-20-15-6-5-13(11-16(15)21-4-2)14(12-17)19-9-7-18-8-10-19/h5-6,11,14,18H,3-4,7-10H2,1-2H3. The number of piperazine rings is 1. The lowest BCUT2D eigenvalue weighted by atomic mass is 10.0. The summed E-state index contributed by atoms with van der Waals surface area (Å²) in [6, 6.07) is 7.97. The van der Waals surface area contributed by atoms with Crippen LogP contribution in [0.2, 0.25) is 0 Å². The molecule has 1 aliphatic heterocycles. The molecule has 1 heterocycles. The maximum atomic E-state index is 9.54. The van der Waals surface area contributed by atoms with Gasteiger partial charge in [0.25, 0.3) is 0 Å². The van der Waals surface area contributed by atoms with E-state index in [1.807, 2.05) is 32.0 Å². The van der Waals surface area contributed by atoms with Crippen LogP contribution in [0.15, 0.2) is 18.2 Å². The third-order valence-corrected chi connectivity index (χ3v) is 3.52. The lowest BCUT2D eigenvalue weighted by Crippen LogP contribution is -2.44. The van der Waals surface area contributed by atoms with Crippen LogP contribution in [-0.2, 0) is 0 Å². The van der Waals surface area contributed by atoms with Crippen LogP contribution in [0.5, 0.6) is 11.5 Å². The van der Waals surface area contributed by atoms with E-state index in [9.17, 15) is 5.26 Å². The largest absolute Gasteiger partial charge is 0.490 e. The molecule has 1 aliphatic rings. The van der Waals surface area contributed by atoms with Crippen molar-refractivity contribution in [3.05, 3.63) is 23.8 Å². The molecule has 0 aliphatic carbocycles. The Morgan fingerprint density at radius 1 is 1.19 bits per heavy atom. The fourth-order valence-electron chi connectivity index (χ4n) is 2.55. The summed E-state index contributed by atoms with van der Waals surface area (Å²) in [5, 5.41) is 12.8. The highest BCUT2D eigenvalue weighted by Gasteiger charge is 2.23. The smallest absolute Gasteiger partial charge is 0.161 e. The van der Waals surface area contributed by atoms with Gasteiger partial charge >= 0.3 is 0 Å². The molecule has 1 N–H and O–H groups in total. The van der Waals surface area contributed by atoms with Crippen molar-refractivity contribution in [2.75, 3.05) is 39.4 Å². The Bertz CT molecular complexity index is 493. The first-order valence-corrected chi connectivity index (χ1v) is 7.54. The van der Waals surface area contributed by atoms with E-state index in [-0.39, 0.29) is 6.04 Å². The van der Waals surface area contributed by atoms with Crippen LogP contribution in [0, 0.1) is 11.3 Å². The Hall–Kier alpha value is -1.77. The van der Waals surface area contributed by atoms with Crippen molar-refractivity contribution in [1.29, 1.82) is 5.26 Å². The first kappa shape index (κ1) is 15.6. The minimum Gasteiger partial charge on any atom is -0.490 e. The highest BCUT2D eigenvalue weighted by Crippen LogP contribution is 2.32. The van der Waals surface area contributed by atoms with Gasteiger partial charge in [-0.15, -0.1) is 0 Å². The summed E-state index contributed by atoms with van der Waals surface area (Å²) in [6.45, 7) is 8.68. The van der Waals surface area contributed by atoms with E-state index in [0.29, 0.717) is 19.0 Å². The molecule has 1 aromatic rings. The maximum Gasteiger partial charge on any atom is 0.161 e. The van der Waals surface area contributed by atoms with Crippen molar-refractivity contribution in [1.82, 2.24) is 10.2 Å². The van der Waals surface area contributed by atoms with Gasteiger partial charge in [-0.25, -0.2) is 0 Å². The van der Waals surface area contributed by atoms with Crippen molar-refractivity contribution >= 4 is 0 Å². The molecular formula is C16H23N3O2. The van der Waals surface area contributed by atoms with Gasteiger partial charge in [0.05, 0.1) is 19.3 Å². The number of benzene rings is 1. The van der Waals surface area contributed by atoms with Crippen LogP contribution in [-0.4, -0.2) is 44.3 Å². The quantitative estimate of drug-likeness (QED) is 0.867. The van der Waals surface area contributed by atoms with Gasteiger partial charge in [0.1, 0.15) is 6.04 Å². The van der Waals surface area contributed by atoms with Crippen LogP contribution in [0.1, 0.15) is 25.5 Å². The summed E-state index contributed by atoms with van der Waals surface area (Å²) in [4.78, 5) is 2.20. The van der Waals surface area contributed by atoms with Crippen molar-refractivity contribution in [3.8, 4) is 17.6 Å². The van der Waals surface area contributed by atoms with Crippen LogP contribution in [0.3, 0.4) is 0 Å². The molecule has 5 heteroatoms. The minimum absolute atomic E-state index is 0.234. The fraction of sp³-hybridized carbons (Fsp3) is 0.562. The topological polar surface area (TPSA) is 57.5 Å². The van der Waals surface area contributed by atoms with Gasteiger partial charge in [0, 0.05) is 26.2 Å². The molecule has 0 bridgehead atoms. The predicted octanol–water partition coefficient (Wildman–Crippen LogP) is 1.95. The molecule has 2 rings (SSSR count). The van der Waals surface area contributed by atoms with Gasteiger partial charge in [-0.3, -0.25) is 4.90 Å². The molecule has 21 heavy (non-hydrogen) atoms. The molecule has 0 aromatic heterocycles. The molecule has 1 aromatic carbocycles. The predicted molar refractivity (Wildman–Crippen MR) is 81.6 cm³/mol. The number of hydrogen-bond donors (Lipinski definition) is 1. The molecule has 1 atom stereocenters. The van der Waals surface area contributed by atoms with Crippen LogP contribution in [0.4, 0.5) is 0 Å². The lowest BCUT2D eigenvalue weighted by molar-refractivity contribution is 0.207. The lowest BCUT2D eigenvalue weighted by Gasteiger charge is -2.31. The molecule has 1 unspecified atom stereocenters.